The maximum absolute atomic E-state index is 13.0. The summed E-state index contributed by atoms with van der Waals surface area (Å²) in [6.45, 7) is 1.66. The monoisotopic (exact) mass is 660 g/mol. The van der Waals surface area contributed by atoms with E-state index in [0.29, 0.717) is 34.2 Å². The van der Waals surface area contributed by atoms with E-state index in [0.717, 1.165) is 6.07 Å². The van der Waals surface area contributed by atoms with Crippen molar-refractivity contribution in [2.75, 3.05) is 11.5 Å². The fraction of sp³-hybridized carbons (Fsp3) is 0.304. The van der Waals surface area contributed by atoms with Crippen LogP contribution in [0, 0.1) is 6.92 Å². The maximum atomic E-state index is 13.0. The Hall–Kier alpha value is -3.88. The number of rotatable bonds is 8. The Morgan fingerprint density at radius 1 is 1.26 bits per heavy atom. The molecule has 1 amide bonds. The fourth-order valence-corrected chi connectivity index (χ4v) is 7.88. The molecule has 2 aromatic heterocycles. The number of hydrogen-bond acceptors (Lipinski definition) is 13. The average molecular weight is 661 g/mol. The molecular weight excluding hydrogens is 641 g/mol. The van der Waals surface area contributed by atoms with Crippen LogP contribution in [0.25, 0.3) is 5.78 Å². The van der Waals surface area contributed by atoms with Gasteiger partial charge in [-0.15, -0.1) is 28.6 Å². The average Bonchev–Trinajstić information content (AvgIpc) is 3.32. The highest BCUT2D eigenvalue weighted by Gasteiger charge is 2.51. The van der Waals surface area contributed by atoms with Crippen LogP contribution in [0.4, 0.5) is 13.2 Å². The number of carboxylic acids is 1. The number of aliphatic carboxylic acids is 1. The van der Waals surface area contributed by atoms with Crippen LogP contribution in [0.15, 0.2) is 45.5 Å². The van der Waals surface area contributed by atoms with Crippen molar-refractivity contribution in [2.45, 2.75) is 40.2 Å². The Bertz CT molecular complexity index is 1830. The molecule has 0 saturated carbocycles. The van der Waals surface area contributed by atoms with Crippen LogP contribution >= 0.6 is 23.5 Å². The van der Waals surface area contributed by atoms with Crippen molar-refractivity contribution in [3.05, 3.63) is 47.1 Å². The number of hydrogen-bond donors (Lipinski definition) is 3. The second kappa shape index (κ2) is 11.0. The number of phenolic OH excluding ortho intramolecular Hbond substituents is 1. The minimum Gasteiger partial charge on any atom is -0.504 e. The van der Waals surface area contributed by atoms with Gasteiger partial charge in [-0.2, -0.15) is 22.7 Å². The molecule has 0 bridgehead atoms. The molecule has 0 unspecified atom stereocenters. The smallest absolute Gasteiger partial charge is 0.491 e. The standard InChI is InChI=1S/C23H19F3N6O8S3/c1-9-4-15(41-6-10-7-42-19-16(27)18(34)31(19)17(10)20(35)36)32-22(28-9)29-14(30-32)8-43(38,39)11-2-3-13(12(33)5-11)40-21(37)23(24,25)26/h2-5,16,19,33H,6-8,27H2,1H3,(H,35,36)/t16-,19-/m1/s1. The highest BCUT2D eigenvalue weighted by atomic mass is 32.2. The first kappa shape index (κ1) is 30.6. The van der Waals surface area contributed by atoms with E-state index in [9.17, 15) is 46.2 Å². The van der Waals surface area contributed by atoms with Crippen molar-refractivity contribution in [3.63, 3.8) is 0 Å². The number of carboxylic acid groups (broad SMARTS) is 1. The SMILES string of the molecule is Cc1cc(SCC2=C(C(=O)O)N3C(=O)[C@@H](N)[C@H]3SC2)n2nc(CS(=O)(=O)c3ccc(OC(=O)C(F)(F)F)c(O)c3)nc2n1. The largest absolute Gasteiger partial charge is 0.504 e. The van der Waals surface area contributed by atoms with E-state index in [1.54, 1.807) is 13.0 Å². The Morgan fingerprint density at radius 3 is 2.63 bits per heavy atom. The molecule has 4 heterocycles. The summed E-state index contributed by atoms with van der Waals surface area (Å²) in [6.07, 6.45) is -5.33. The van der Waals surface area contributed by atoms with Crippen molar-refractivity contribution < 1.29 is 50.9 Å². The number of carbonyl (C=O) groups is 3. The normalized spacial score (nSPS) is 18.9. The van der Waals surface area contributed by atoms with Crippen molar-refractivity contribution >= 4 is 57.0 Å². The van der Waals surface area contributed by atoms with Gasteiger partial charge in [0.2, 0.25) is 5.91 Å². The van der Waals surface area contributed by atoms with Crippen LogP contribution in [-0.2, 0) is 30.0 Å². The molecule has 2 aliphatic rings. The summed E-state index contributed by atoms with van der Waals surface area (Å²) in [5, 5.41) is 24.0. The summed E-state index contributed by atoms with van der Waals surface area (Å²) in [7, 11) is -4.26. The molecule has 14 nitrogen and oxygen atoms in total. The third-order valence-electron chi connectivity index (χ3n) is 6.18. The molecule has 1 aromatic carbocycles. The number of carbonyl (C=O) groups excluding carboxylic acids is 2. The number of nitrogens with two attached hydrogens (primary N) is 1. The van der Waals surface area contributed by atoms with Gasteiger partial charge in [-0.1, -0.05) is 0 Å². The van der Waals surface area contributed by atoms with E-state index in [1.807, 2.05) is 0 Å². The molecule has 2 aliphatic heterocycles. The highest BCUT2D eigenvalue weighted by Crippen LogP contribution is 2.41. The van der Waals surface area contributed by atoms with Crippen molar-refractivity contribution in [1.29, 1.82) is 0 Å². The first-order chi connectivity index (χ1) is 20.1. The van der Waals surface area contributed by atoms with Gasteiger partial charge in [0, 0.05) is 23.3 Å². The molecule has 4 N–H and O–H groups in total. The van der Waals surface area contributed by atoms with E-state index < -0.39 is 67.4 Å². The molecule has 5 rings (SSSR count). The molecular formula is C23H19F3N6O8S3. The molecule has 43 heavy (non-hydrogen) atoms. The minimum atomic E-state index is -5.33. The van der Waals surface area contributed by atoms with Gasteiger partial charge >= 0.3 is 18.1 Å². The predicted molar refractivity (Wildman–Crippen MR) is 143 cm³/mol. The third kappa shape index (κ3) is 5.86. The number of thioether (sulfide) groups is 2. The van der Waals surface area contributed by atoms with Gasteiger partial charge in [0.25, 0.3) is 5.78 Å². The summed E-state index contributed by atoms with van der Waals surface area (Å²) >= 11 is 2.52. The number of alkyl halides is 3. The van der Waals surface area contributed by atoms with Crippen LogP contribution in [0.5, 0.6) is 11.5 Å². The maximum Gasteiger partial charge on any atom is 0.491 e. The molecule has 1 saturated heterocycles. The lowest BCUT2D eigenvalue weighted by Gasteiger charge is -2.48. The molecule has 20 heteroatoms. The quantitative estimate of drug-likeness (QED) is 0.102. The summed E-state index contributed by atoms with van der Waals surface area (Å²) < 4.78 is 68.7. The zero-order valence-electron chi connectivity index (χ0n) is 21.6. The first-order valence-electron chi connectivity index (χ1n) is 11.9. The van der Waals surface area contributed by atoms with Gasteiger partial charge in [-0.25, -0.2) is 23.0 Å². The lowest BCUT2D eigenvalue weighted by molar-refractivity contribution is -0.189. The number of amides is 1. The summed E-state index contributed by atoms with van der Waals surface area (Å²) in [5.41, 5.74) is 6.64. The van der Waals surface area contributed by atoms with Crippen molar-refractivity contribution in [1.82, 2.24) is 24.5 Å². The number of fused-ring (bicyclic) bond motifs is 2. The van der Waals surface area contributed by atoms with E-state index in [2.05, 4.69) is 19.8 Å². The van der Waals surface area contributed by atoms with E-state index in [1.165, 1.54) is 32.9 Å². The van der Waals surface area contributed by atoms with Crippen molar-refractivity contribution in [3.8, 4) is 11.5 Å². The zero-order chi connectivity index (χ0) is 31.4. The molecule has 3 aromatic rings. The lowest BCUT2D eigenvalue weighted by Crippen LogP contribution is -2.68. The number of aromatic hydroxyl groups is 1. The van der Waals surface area contributed by atoms with E-state index in [-0.39, 0.29) is 23.1 Å². The molecule has 2 atom stereocenters. The molecule has 0 radical (unpaired) electrons. The van der Waals surface area contributed by atoms with E-state index >= 15 is 0 Å². The van der Waals surface area contributed by atoms with E-state index in [4.69, 9.17) is 5.73 Å². The topological polar surface area (TPSA) is 207 Å². The van der Waals surface area contributed by atoms with Gasteiger partial charge in [0.15, 0.2) is 27.2 Å². The van der Waals surface area contributed by atoms with Crippen LogP contribution in [0.2, 0.25) is 0 Å². The summed E-state index contributed by atoms with van der Waals surface area (Å²) in [5.74, 6) is -6.70. The van der Waals surface area contributed by atoms with Crippen LogP contribution in [0.1, 0.15) is 11.5 Å². The Morgan fingerprint density at radius 2 is 1.98 bits per heavy atom. The van der Waals surface area contributed by atoms with Gasteiger partial charge < -0.3 is 20.7 Å². The number of phenols is 1. The molecule has 0 spiro atoms. The number of halogens is 3. The highest BCUT2D eigenvalue weighted by molar-refractivity contribution is 8.01. The van der Waals surface area contributed by atoms with Crippen LogP contribution in [-0.4, -0.2) is 90.1 Å². The minimum absolute atomic E-state index is 0.0411. The Balaban J connectivity index is 1.37. The molecule has 228 valence electrons. The summed E-state index contributed by atoms with van der Waals surface area (Å²) in [6, 6.07) is 3.05. The summed E-state index contributed by atoms with van der Waals surface area (Å²) in [4.78, 5) is 44.3. The number of esters is 1. The molecule has 0 aliphatic carbocycles. The number of aromatic nitrogens is 4. The fourth-order valence-electron chi connectivity index (χ4n) is 4.20. The van der Waals surface area contributed by atoms with Crippen molar-refractivity contribution in [2.24, 2.45) is 5.73 Å². The van der Waals surface area contributed by atoms with Crippen LogP contribution < -0.4 is 10.5 Å². The number of β-lactam (4-membered cyclic amide) rings is 1. The Labute approximate surface area is 248 Å². The lowest BCUT2D eigenvalue weighted by atomic mass is 10.0. The van der Waals surface area contributed by atoms with Gasteiger partial charge in [0.05, 0.1) is 4.90 Å². The number of nitrogens with zero attached hydrogens (tertiary/aromatic N) is 5. The van der Waals surface area contributed by atoms with Crippen LogP contribution in [0.3, 0.4) is 0 Å². The zero-order valence-corrected chi connectivity index (χ0v) is 24.1. The second-order valence-corrected chi connectivity index (χ2v) is 13.3. The number of ether oxygens (including phenoxy) is 1. The Kier molecular flexibility index (Phi) is 7.82. The molecule has 1 fully saturated rings. The van der Waals surface area contributed by atoms with Gasteiger partial charge in [-0.05, 0) is 30.7 Å². The third-order valence-corrected chi connectivity index (χ3v) is 10.2. The second-order valence-electron chi connectivity index (χ2n) is 9.23. The number of sulfone groups is 1. The van der Waals surface area contributed by atoms with Gasteiger partial charge in [-0.3, -0.25) is 9.69 Å². The number of benzene rings is 1. The first-order valence-corrected chi connectivity index (χ1v) is 15.6. The number of aryl methyl sites for hydroxylation is 1. The van der Waals surface area contributed by atoms with Gasteiger partial charge in [0.1, 0.15) is 27.9 Å². The predicted octanol–water partition coefficient (Wildman–Crippen LogP) is 1.25.